The Morgan fingerprint density at radius 2 is 2.20 bits per heavy atom. The van der Waals surface area contributed by atoms with E-state index in [1.165, 1.54) is 0 Å². The first-order valence-corrected chi connectivity index (χ1v) is 3.31. The second-order valence-electron chi connectivity index (χ2n) is 2.30. The Morgan fingerprint density at radius 3 is 2.50 bits per heavy atom. The fraction of sp³-hybridized carbons (Fsp3) is 0.444. The maximum absolute atomic E-state index is 5.04. The number of allylic oxidation sites excluding steroid dienone is 2. The Labute approximate surface area is 62.9 Å². The van der Waals surface area contributed by atoms with Crippen molar-refractivity contribution >= 4 is 5.71 Å². The van der Waals surface area contributed by atoms with E-state index < -0.39 is 0 Å². The minimum atomic E-state index is 0.453. The van der Waals surface area contributed by atoms with Gasteiger partial charge in [-0.1, -0.05) is 19.8 Å². The van der Waals surface area contributed by atoms with E-state index in [-0.39, 0.29) is 0 Å². The van der Waals surface area contributed by atoms with Gasteiger partial charge in [0.1, 0.15) is 0 Å². The van der Waals surface area contributed by atoms with Gasteiger partial charge in [0, 0.05) is 12.8 Å². The monoisotopic (exact) mass is 135 g/mol. The summed E-state index contributed by atoms with van der Waals surface area (Å²) in [6.07, 6.45) is 8.57. The third-order valence-electron chi connectivity index (χ3n) is 1.20. The minimum Gasteiger partial charge on any atom is -0.293 e. The lowest BCUT2D eigenvalue weighted by Crippen LogP contribution is -2.02. The average molecular weight is 135 g/mol. The van der Waals surface area contributed by atoms with Crippen LogP contribution in [-0.2, 0) is 0 Å². The summed E-state index contributed by atoms with van der Waals surface area (Å²) in [6.45, 7) is 4.17. The highest BCUT2D eigenvalue weighted by Gasteiger charge is 1.96. The van der Waals surface area contributed by atoms with E-state index in [2.05, 4.69) is 24.8 Å². The van der Waals surface area contributed by atoms with Crippen molar-refractivity contribution in [2.75, 3.05) is 7.05 Å². The molecule has 0 atom stereocenters. The summed E-state index contributed by atoms with van der Waals surface area (Å²) >= 11 is 0. The zero-order valence-corrected chi connectivity index (χ0v) is 6.76. The molecule has 0 rings (SSSR count). The molecule has 0 heterocycles. The molecule has 0 N–H and O–H groups in total. The van der Waals surface area contributed by atoms with Gasteiger partial charge in [-0.05, 0) is 18.1 Å². The molecule has 1 heteroatoms. The molecular weight excluding hydrogens is 122 g/mol. The molecule has 0 saturated carbocycles. The maximum Gasteiger partial charge on any atom is 0.0376 e. The van der Waals surface area contributed by atoms with Crippen LogP contribution >= 0.6 is 0 Å². The van der Waals surface area contributed by atoms with Gasteiger partial charge in [0.25, 0.3) is 0 Å². The SMILES string of the molecule is C#C/C=C\C(=NC)C(C)C. The Morgan fingerprint density at radius 1 is 1.60 bits per heavy atom. The first-order chi connectivity index (χ1) is 4.72. The summed E-state index contributed by atoms with van der Waals surface area (Å²) in [6, 6.07) is 0. The zero-order chi connectivity index (χ0) is 7.98. The van der Waals surface area contributed by atoms with E-state index in [0.717, 1.165) is 5.71 Å². The minimum absolute atomic E-state index is 0.453. The molecule has 54 valence electrons. The van der Waals surface area contributed by atoms with Crippen LogP contribution in [0.25, 0.3) is 0 Å². The number of rotatable bonds is 2. The molecular formula is C9H13N. The van der Waals surface area contributed by atoms with E-state index in [9.17, 15) is 0 Å². The smallest absolute Gasteiger partial charge is 0.0376 e. The van der Waals surface area contributed by atoms with Crippen molar-refractivity contribution in [3.8, 4) is 12.3 Å². The number of aliphatic imine (C=N–C) groups is 1. The Balaban J connectivity index is 4.15. The van der Waals surface area contributed by atoms with Gasteiger partial charge in [-0.3, -0.25) is 4.99 Å². The molecule has 0 amide bonds. The number of hydrogen-bond donors (Lipinski definition) is 0. The average Bonchev–Trinajstić information content (AvgIpc) is 1.89. The molecule has 0 aliphatic carbocycles. The molecule has 0 aliphatic heterocycles. The van der Waals surface area contributed by atoms with Crippen molar-refractivity contribution in [3.63, 3.8) is 0 Å². The fourth-order valence-corrected chi connectivity index (χ4v) is 0.659. The van der Waals surface area contributed by atoms with Gasteiger partial charge in [-0.2, -0.15) is 0 Å². The highest BCUT2D eigenvalue weighted by molar-refractivity contribution is 5.96. The van der Waals surface area contributed by atoms with Crippen LogP contribution in [0, 0.1) is 18.3 Å². The van der Waals surface area contributed by atoms with Crippen molar-refractivity contribution in [1.29, 1.82) is 0 Å². The van der Waals surface area contributed by atoms with Gasteiger partial charge >= 0.3 is 0 Å². The Kier molecular flexibility index (Phi) is 4.32. The second kappa shape index (κ2) is 4.81. The van der Waals surface area contributed by atoms with Crippen LogP contribution in [0.3, 0.4) is 0 Å². The van der Waals surface area contributed by atoms with Crippen LogP contribution in [-0.4, -0.2) is 12.8 Å². The summed E-state index contributed by atoms with van der Waals surface area (Å²) in [5.41, 5.74) is 1.04. The van der Waals surface area contributed by atoms with Gasteiger partial charge < -0.3 is 0 Å². The number of hydrogen-bond acceptors (Lipinski definition) is 1. The molecule has 0 spiro atoms. The lowest BCUT2D eigenvalue weighted by molar-refractivity contribution is 0.886. The topological polar surface area (TPSA) is 12.4 Å². The highest BCUT2D eigenvalue weighted by Crippen LogP contribution is 1.97. The van der Waals surface area contributed by atoms with Crippen molar-refractivity contribution in [1.82, 2.24) is 0 Å². The van der Waals surface area contributed by atoms with E-state index in [4.69, 9.17) is 6.42 Å². The molecule has 0 radical (unpaired) electrons. The van der Waals surface area contributed by atoms with Gasteiger partial charge in [0.2, 0.25) is 0 Å². The Hall–Kier alpha value is -1.03. The number of nitrogens with zero attached hydrogens (tertiary/aromatic N) is 1. The van der Waals surface area contributed by atoms with Crippen LogP contribution in [0.15, 0.2) is 17.1 Å². The van der Waals surface area contributed by atoms with Crippen molar-refractivity contribution < 1.29 is 0 Å². The summed E-state index contributed by atoms with van der Waals surface area (Å²) in [5.74, 6) is 2.88. The molecule has 10 heavy (non-hydrogen) atoms. The quantitative estimate of drug-likeness (QED) is 0.405. The second-order valence-corrected chi connectivity index (χ2v) is 2.30. The maximum atomic E-state index is 5.04. The third-order valence-corrected chi connectivity index (χ3v) is 1.20. The van der Waals surface area contributed by atoms with Crippen LogP contribution in [0.5, 0.6) is 0 Å². The standard InChI is InChI=1S/C9H13N/c1-5-6-7-9(10-4)8(2)3/h1,6-8H,2-4H3/b7-6-,10-9?. The van der Waals surface area contributed by atoms with E-state index in [1.54, 1.807) is 13.1 Å². The van der Waals surface area contributed by atoms with E-state index in [0.29, 0.717) is 5.92 Å². The lowest BCUT2D eigenvalue weighted by atomic mass is 10.1. The van der Waals surface area contributed by atoms with Gasteiger partial charge in [0.15, 0.2) is 0 Å². The van der Waals surface area contributed by atoms with Crippen LogP contribution in [0.2, 0.25) is 0 Å². The molecule has 0 aromatic heterocycles. The molecule has 1 nitrogen and oxygen atoms in total. The lowest BCUT2D eigenvalue weighted by Gasteiger charge is -2.01. The summed E-state index contributed by atoms with van der Waals surface area (Å²) in [5, 5.41) is 0. The molecule has 0 saturated heterocycles. The molecule has 0 aromatic carbocycles. The molecule has 0 fully saturated rings. The predicted molar refractivity (Wildman–Crippen MR) is 46.2 cm³/mol. The van der Waals surface area contributed by atoms with Gasteiger partial charge in [-0.25, -0.2) is 0 Å². The fourth-order valence-electron chi connectivity index (χ4n) is 0.659. The third kappa shape index (κ3) is 3.09. The van der Waals surface area contributed by atoms with Crippen LogP contribution in [0.4, 0.5) is 0 Å². The summed E-state index contributed by atoms with van der Waals surface area (Å²) in [7, 11) is 1.77. The molecule has 0 aromatic rings. The van der Waals surface area contributed by atoms with Crippen molar-refractivity contribution in [2.24, 2.45) is 10.9 Å². The van der Waals surface area contributed by atoms with Crippen molar-refractivity contribution in [2.45, 2.75) is 13.8 Å². The van der Waals surface area contributed by atoms with Crippen LogP contribution in [0.1, 0.15) is 13.8 Å². The largest absolute Gasteiger partial charge is 0.293 e. The summed E-state index contributed by atoms with van der Waals surface area (Å²) in [4.78, 5) is 4.06. The molecule has 0 bridgehead atoms. The molecule has 0 unspecified atom stereocenters. The first kappa shape index (κ1) is 8.97. The van der Waals surface area contributed by atoms with Crippen molar-refractivity contribution in [3.05, 3.63) is 12.2 Å². The normalized spacial score (nSPS) is 12.5. The first-order valence-electron chi connectivity index (χ1n) is 3.31. The highest BCUT2D eigenvalue weighted by atomic mass is 14.7. The number of terminal acetylenes is 1. The van der Waals surface area contributed by atoms with E-state index >= 15 is 0 Å². The summed E-state index contributed by atoms with van der Waals surface area (Å²) < 4.78 is 0. The van der Waals surface area contributed by atoms with Gasteiger partial charge in [0.05, 0.1) is 0 Å². The Bertz CT molecular complexity index is 179. The van der Waals surface area contributed by atoms with E-state index in [1.807, 2.05) is 6.08 Å². The molecule has 0 aliphatic rings. The van der Waals surface area contributed by atoms with Crippen LogP contribution < -0.4 is 0 Å². The zero-order valence-electron chi connectivity index (χ0n) is 6.76. The van der Waals surface area contributed by atoms with Gasteiger partial charge in [-0.15, -0.1) is 6.42 Å². The predicted octanol–water partition coefficient (Wildman–Crippen LogP) is 1.90.